The summed E-state index contributed by atoms with van der Waals surface area (Å²) in [7, 11) is -1.79. The fourth-order valence-corrected chi connectivity index (χ4v) is 7.31. The number of rotatable bonds is 11. The van der Waals surface area contributed by atoms with Crippen molar-refractivity contribution in [2.45, 2.75) is 72.1 Å². The third-order valence-electron chi connectivity index (χ3n) is 9.95. The van der Waals surface area contributed by atoms with Gasteiger partial charge in [0.1, 0.15) is 0 Å². The van der Waals surface area contributed by atoms with E-state index in [1.54, 1.807) is 26.1 Å². The molecule has 0 fully saturated rings. The molecule has 3 aromatic heterocycles. The largest absolute Gasteiger partial charge is 2.00 e. The first-order chi connectivity index (χ1) is 24.6. The number of amides is 2. The van der Waals surface area contributed by atoms with E-state index in [0.29, 0.717) is 57.6 Å². The van der Waals surface area contributed by atoms with E-state index < -0.39 is 34.3 Å². The minimum Gasteiger partial charge on any atom is -0.748 e. The number of hydrogen-bond acceptors (Lipinski definition) is 9. The maximum Gasteiger partial charge on any atom is 2.00 e. The zero-order valence-corrected chi connectivity index (χ0v) is 36.7. The van der Waals surface area contributed by atoms with Crippen LogP contribution in [-0.2, 0) is 47.9 Å². The van der Waals surface area contributed by atoms with Gasteiger partial charge in [-0.2, -0.15) is 0 Å². The van der Waals surface area contributed by atoms with Crippen molar-refractivity contribution < 1.29 is 101 Å². The number of nitrogens with zero attached hydrogens (tertiary/aromatic N) is 4. The van der Waals surface area contributed by atoms with Crippen molar-refractivity contribution in [3.8, 4) is 0 Å². The minimum atomic E-state index is -4.61. The molecule has 16 heteroatoms. The number of fused-ring (bicyclic) bond motifs is 8. The van der Waals surface area contributed by atoms with Crippen LogP contribution in [0.2, 0.25) is 0 Å². The number of carbonyl (C=O) groups excluding carboxylic acids is 3. The van der Waals surface area contributed by atoms with Gasteiger partial charge in [0.15, 0.2) is 0 Å². The summed E-state index contributed by atoms with van der Waals surface area (Å²) in [5.41, 5.74) is 9.03. The Kier molecular flexibility index (Phi) is 15.8. The van der Waals surface area contributed by atoms with Crippen LogP contribution in [0.5, 0.6) is 0 Å². The summed E-state index contributed by atoms with van der Waals surface area (Å²) in [6, 6.07) is 5.63. The average Bonchev–Trinajstić information content (AvgIpc) is 3.78. The number of hydrogen-bond donors (Lipinski definition) is 2. The predicted octanol–water partition coefficient (Wildman–Crippen LogP) is 1.58. The Hall–Kier alpha value is -2.92. The quantitative estimate of drug-likeness (QED) is 0.162. The van der Waals surface area contributed by atoms with Crippen LogP contribution in [0.3, 0.4) is 0 Å². The van der Waals surface area contributed by atoms with E-state index in [-0.39, 0.29) is 110 Å². The van der Waals surface area contributed by atoms with Gasteiger partial charge >= 0.3 is 74.4 Å². The number of allylic oxidation sites excluding steroid dienone is 2. The Balaban J connectivity index is 0.00000392. The van der Waals surface area contributed by atoms with Gasteiger partial charge in [-0.25, -0.2) is 13.4 Å². The molecule has 13 nitrogen and oxygen atoms in total. The normalized spacial score (nSPS) is 15.2. The first kappa shape index (κ1) is 45.5. The molecule has 285 valence electrons. The second kappa shape index (κ2) is 18.8. The molecule has 0 aliphatic carbocycles. The first-order valence-corrected chi connectivity index (χ1v) is 18.7. The molecule has 0 spiro atoms. The van der Waals surface area contributed by atoms with Gasteiger partial charge in [0.2, 0.25) is 11.8 Å². The van der Waals surface area contributed by atoms with Gasteiger partial charge in [-0.05, 0) is 55.9 Å². The van der Waals surface area contributed by atoms with Gasteiger partial charge in [0.25, 0.3) is 0 Å². The molecule has 0 saturated carbocycles. The van der Waals surface area contributed by atoms with E-state index in [1.165, 1.54) is 7.11 Å². The van der Waals surface area contributed by atoms with E-state index in [0.717, 1.165) is 28.0 Å². The van der Waals surface area contributed by atoms with Gasteiger partial charge in [-0.15, -0.1) is 22.1 Å². The minimum absolute atomic E-state index is 0. The van der Waals surface area contributed by atoms with E-state index in [2.05, 4.69) is 17.2 Å². The smallest absolute Gasteiger partial charge is 0.748 e. The molecule has 5 heterocycles. The molecule has 5 rings (SSSR count). The molecule has 8 bridgehead atoms. The number of ether oxygens (including phenoxy) is 1. The van der Waals surface area contributed by atoms with E-state index >= 15 is 0 Å². The van der Waals surface area contributed by atoms with E-state index in [4.69, 9.17) is 24.7 Å². The van der Waals surface area contributed by atoms with Crippen molar-refractivity contribution in [1.29, 1.82) is 0 Å². The number of esters is 1. The summed E-state index contributed by atoms with van der Waals surface area (Å²) in [4.78, 5) is 59.7. The topological polar surface area (TPSA) is 196 Å². The van der Waals surface area contributed by atoms with Gasteiger partial charge < -0.3 is 29.9 Å². The maximum atomic E-state index is 13.9. The second-order valence-electron chi connectivity index (χ2n) is 13.0. The molecular formula is C38H43CuKN6O7S. The van der Waals surface area contributed by atoms with Crippen LogP contribution >= 0.6 is 0 Å². The number of methoxy groups -OCH3 is 1. The second-order valence-corrected chi connectivity index (χ2v) is 14.5. The van der Waals surface area contributed by atoms with Crippen LogP contribution in [0.15, 0.2) is 24.8 Å². The molecule has 2 aliphatic rings. The molecule has 2 amide bonds. The monoisotopic (exact) mass is 829 g/mol. The SMILES string of the molecule is C=Cc1c(C)c2cc3nc(c(CC(=O)OC)c4[n-]c(cc5nc(cc1[n-]2)C(C)=C5CC)c(C)c4C(=O)NCCS(=O)(=O)[O-])[C@@H](CCC(=O)NC)C3C.[Cu+2].[K+]. The predicted molar refractivity (Wildman–Crippen MR) is 198 cm³/mol. The van der Waals surface area contributed by atoms with E-state index in [9.17, 15) is 27.4 Å². The van der Waals surface area contributed by atoms with Crippen LogP contribution in [0.4, 0.5) is 0 Å². The molecule has 2 atom stereocenters. The Labute approximate surface area is 368 Å². The third-order valence-corrected chi connectivity index (χ3v) is 10.7. The van der Waals surface area contributed by atoms with Crippen LogP contribution in [0, 0.1) is 13.8 Å². The molecule has 2 N–H and O–H groups in total. The summed E-state index contributed by atoms with van der Waals surface area (Å²) in [5.74, 6) is -2.87. The van der Waals surface area contributed by atoms with Crippen LogP contribution in [0.1, 0.15) is 107 Å². The van der Waals surface area contributed by atoms with Crippen molar-refractivity contribution in [2.24, 2.45) is 0 Å². The molecular weight excluding hydrogens is 787 g/mol. The average molecular weight is 831 g/mol. The maximum absolute atomic E-state index is 13.9. The fourth-order valence-electron chi connectivity index (χ4n) is 6.96. The van der Waals surface area contributed by atoms with E-state index in [1.807, 2.05) is 39.8 Å². The molecule has 0 aromatic carbocycles. The van der Waals surface area contributed by atoms with Crippen molar-refractivity contribution in [2.75, 3.05) is 26.5 Å². The molecule has 1 unspecified atom stereocenters. The van der Waals surface area contributed by atoms with Crippen molar-refractivity contribution in [3.05, 3.63) is 75.4 Å². The summed E-state index contributed by atoms with van der Waals surface area (Å²) in [6.07, 6.45) is 2.66. The number of carbonyl (C=O) groups is 3. The van der Waals surface area contributed by atoms with Crippen LogP contribution < -0.4 is 72.0 Å². The van der Waals surface area contributed by atoms with Crippen molar-refractivity contribution >= 4 is 67.2 Å². The summed E-state index contributed by atoms with van der Waals surface area (Å²) in [5, 5.41) is 5.21. The van der Waals surface area contributed by atoms with Crippen LogP contribution in [0.25, 0.3) is 39.3 Å². The summed E-state index contributed by atoms with van der Waals surface area (Å²) < 4.78 is 39.2. The van der Waals surface area contributed by atoms with Gasteiger partial charge in [0.05, 0.1) is 40.8 Å². The molecule has 1 radical (unpaired) electrons. The molecule has 3 aromatic rings. The zero-order chi connectivity index (χ0) is 38.1. The van der Waals surface area contributed by atoms with Gasteiger partial charge in [-0.3, -0.25) is 19.4 Å². The Morgan fingerprint density at radius 3 is 2.31 bits per heavy atom. The first-order valence-electron chi connectivity index (χ1n) is 17.1. The molecule has 54 heavy (non-hydrogen) atoms. The summed E-state index contributed by atoms with van der Waals surface area (Å²) in [6.45, 7) is 13.3. The number of nitrogens with one attached hydrogen (secondary N) is 2. The van der Waals surface area contributed by atoms with Crippen molar-refractivity contribution in [1.82, 2.24) is 30.6 Å². The third kappa shape index (κ3) is 9.53. The van der Waals surface area contributed by atoms with Gasteiger partial charge in [0, 0.05) is 48.8 Å². The fraction of sp³-hybridized carbons (Fsp3) is 0.395. The number of aryl methyl sites for hydroxylation is 2. The summed E-state index contributed by atoms with van der Waals surface area (Å²) >= 11 is 0. The Morgan fingerprint density at radius 2 is 1.70 bits per heavy atom. The standard InChI is InChI=1S/C38H46N6O7S.Cu.K/c1-9-23-19(3)27-16-29-21(5)25(11-12-33(45)39-7)36(43-29)26(15-34(46)51-8)37-35(38(47)40-13-14-52(48,49)50)22(6)30(44-37)18-32-24(10-2)20(4)28(42-32)17-31(23)41-27;;/h9,16-18,21,25H,1,10-15H2,2-8H3,(H5,39,40,41,42,43,44,45,47,48,49,50);;/q;+2;+1/p-3/t21?,25-;;/m0../s1. The zero-order valence-electron chi connectivity index (χ0n) is 31.8. The number of aromatic nitrogens is 4. The Morgan fingerprint density at radius 1 is 1.04 bits per heavy atom. The molecule has 2 aliphatic heterocycles. The van der Waals surface area contributed by atoms with Gasteiger partial charge in [-0.1, -0.05) is 55.8 Å². The molecule has 0 saturated heterocycles. The Bertz CT molecular complexity index is 2300. The van der Waals surface area contributed by atoms with Crippen LogP contribution in [-0.4, -0.2) is 67.2 Å². The van der Waals surface area contributed by atoms with Crippen molar-refractivity contribution in [3.63, 3.8) is 0 Å².